The lowest BCUT2D eigenvalue weighted by Crippen LogP contribution is -2.34. The van der Waals surface area contributed by atoms with Crippen molar-refractivity contribution >= 4 is 23.3 Å². The number of aromatic nitrogens is 5. The van der Waals surface area contributed by atoms with Gasteiger partial charge in [-0.25, -0.2) is 19.0 Å². The fraction of sp³-hybridized carbons (Fsp3) is 0.241. The first-order chi connectivity index (χ1) is 18.3. The second kappa shape index (κ2) is 9.29. The number of rotatable bonds is 4. The molecule has 38 heavy (non-hydrogen) atoms. The number of carbonyl (C=O) groups is 1. The first-order valence-corrected chi connectivity index (χ1v) is 12.9. The van der Waals surface area contributed by atoms with Crippen LogP contribution in [0.15, 0.2) is 73.1 Å². The summed E-state index contributed by atoms with van der Waals surface area (Å²) in [4.78, 5) is 17.5. The Balaban J connectivity index is 1.46. The molecule has 1 aliphatic carbocycles. The van der Waals surface area contributed by atoms with Crippen LogP contribution in [0, 0.1) is 0 Å². The highest BCUT2D eigenvalue weighted by Gasteiger charge is 2.28. The van der Waals surface area contributed by atoms with E-state index in [9.17, 15) is 4.79 Å². The number of fused-ring (bicyclic) bond motifs is 2. The average Bonchev–Trinajstić information content (AvgIpc) is 3.62. The van der Waals surface area contributed by atoms with Gasteiger partial charge in [0.2, 0.25) is 0 Å². The van der Waals surface area contributed by atoms with Gasteiger partial charge in [0.25, 0.3) is 0 Å². The second-order valence-electron chi connectivity index (χ2n) is 10.4. The summed E-state index contributed by atoms with van der Waals surface area (Å²) in [5, 5.41) is 12.4. The number of nitrogens with zero attached hydrogens (tertiary/aromatic N) is 5. The van der Waals surface area contributed by atoms with Gasteiger partial charge in [-0.1, -0.05) is 54.1 Å². The maximum atomic E-state index is 12.4. The number of ether oxygens (including phenoxy) is 1. The van der Waals surface area contributed by atoms with Crippen LogP contribution in [0.25, 0.3) is 33.8 Å². The van der Waals surface area contributed by atoms with Gasteiger partial charge >= 0.3 is 6.09 Å². The molecule has 192 valence electrons. The van der Waals surface area contributed by atoms with Crippen molar-refractivity contribution in [3.8, 4) is 28.2 Å². The minimum absolute atomic E-state index is 0.0875. The zero-order valence-corrected chi connectivity index (χ0v) is 22.1. The molecule has 9 heteroatoms. The van der Waals surface area contributed by atoms with Gasteiger partial charge < -0.3 is 10.1 Å². The standard InChI is InChI=1S/C29H27ClN6O2/c1-29(2,3)38-28(37)32-22-13-11-19-16-20(10-12-21(19)22)25-26(18-8-5-4-6-9-18)36-27(33-25)23(17-24(30)34-36)35-15-7-14-31-35/h4-10,12,14-17,22H,11,13H2,1-3H3,(H,32,37)/t22-/m0/s1. The van der Waals surface area contributed by atoms with Gasteiger partial charge in [-0.3, -0.25) is 0 Å². The number of aryl methyl sites for hydroxylation is 1. The Morgan fingerprint density at radius 2 is 1.89 bits per heavy atom. The van der Waals surface area contributed by atoms with Crippen molar-refractivity contribution < 1.29 is 9.53 Å². The SMILES string of the molecule is CC(C)(C)OC(=O)N[C@H]1CCc2cc(-c3nc4c(-n5cccn5)cc(Cl)nn4c3-c3ccccc3)ccc21. The molecule has 0 unspecified atom stereocenters. The average molecular weight is 527 g/mol. The fourth-order valence-electron chi connectivity index (χ4n) is 4.98. The summed E-state index contributed by atoms with van der Waals surface area (Å²) in [5.74, 6) is 0. The molecule has 2 aromatic carbocycles. The third-order valence-electron chi connectivity index (χ3n) is 6.52. The third-order valence-corrected chi connectivity index (χ3v) is 6.70. The molecule has 3 aromatic heterocycles. The van der Waals surface area contributed by atoms with E-state index in [-0.39, 0.29) is 6.04 Å². The first kappa shape index (κ1) is 24.2. The largest absolute Gasteiger partial charge is 0.444 e. The van der Waals surface area contributed by atoms with E-state index in [0.717, 1.165) is 46.6 Å². The highest BCUT2D eigenvalue weighted by atomic mass is 35.5. The molecule has 0 fully saturated rings. The third kappa shape index (κ3) is 4.52. The predicted octanol–water partition coefficient (Wildman–Crippen LogP) is 6.41. The predicted molar refractivity (Wildman–Crippen MR) is 146 cm³/mol. The Kier molecular flexibility index (Phi) is 5.91. The van der Waals surface area contributed by atoms with E-state index in [1.807, 2.05) is 63.4 Å². The van der Waals surface area contributed by atoms with Gasteiger partial charge in [0.05, 0.1) is 11.7 Å². The lowest BCUT2D eigenvalue weighted by molar-refractivity contribution is 0.0503. The van der Waals surface area contributed by atoms with Crippen LogP contribution in [0.2, 0.25) is 5.15 Å². The van der Waals surface area contributed by atoms with Crippen LogP contribution >= 0.6 is 11.6 Å². The number of benzene rings is 2. The van der Waals surface area contributed by atoms with E-state index < -0.39 is 11.7 Å². The zero-order valence-electron chi connectivity index (χ0n) is 21.4. The molecule has 0 saturated heterocycles. The molecular formula is C29H27ClN6O2. The van der Waals surface area contributed by atoms with Crippen LogP contribution in [0.5, 0.6) is 0 Å². The monoisotopic (exact) mass is 526 g/mol. The van der Waals surface area contributed by atoms with Crippen molar-refractivity contribution in [2.75, 3.05) is 0 Å². The maximum absolute atomic E-state index is 12.4. The molecule has 0 aliphatic heterocycles. The molecule has 3 heterocycles. The normalized spacial score (nSPS) is 15.0. The summed E-state index contributed by atoms with van der Waals surface area (Å²) >= 11 is 6.48. The van der Waals surface area contributed by atoms with Gasteiger partial charge in [-0.15, -0.1) is 0 Å². The molecule has 1 atom stereocenters. The van der Waals surface area contributed by atoms with Gasteiger partial charge in [0, 0.05) is 29.6 Å². The van der Waals surface area contributed by atoms with Crippen LogP contribution in [0.4, 0.5) is 4.79 Å². The Morgan fingerprint density at radius 3 is 2.63 bits per heavy atom. The van der Waals surface area contributed by atoms with Crippen LogP contribution in [0.1, 0.15) is 44.4 Å². The van der Waals surface area contributed by atoms with Crippen LogP contribution < -0.4 is 5.32 Å². The summed E-state index contributed by atoms with van der Waals surface area (Å²) in [6, 6.07) is 19.9. The molecule has 0 radical (unpaired) electrons. The van der Waals surface area contributed by atoms with Crippen molar-refractivity contribution in [1.29, 1.82) is 0 Å². The summed E-state index contributed by atoms with van der Waals surface area (Å²) in [5.41, 5.74) is 6.70. The summed E-state index contributed by atoms with van der Waals surface area (Å²) in [7, 11) is 0. The number of halogens is 1. The Hall–Kier alpha value is -4.17. The van der Waals surface area contributed by atoms with Crippen LogP contribution in [0.3, 0.4) is 0 Å². The molecule has 1 N–H and O–H groups in total. The molecule has 0 bridgehead atoms. The quantitative estimate of drug-likeness (QED) is 0.292. The topological polar surface area (TPSA) is 86.3 Å². The Labute approximate surface area is 225 Å². The van der Waals surface area contributed by atoms with E-state index in [4.69, 9.17) is 21.3 Å². The molecule has 0 spiro atoms. The number of hydrogen-bond donors (Lipinski definition) is 1. The van der Waals surface area contributed by atoms with Crippen molar-refractivity contribution in [2.24, 2.45) is 0 Å². The van der Waals surface area contributed by atoms with Crippen molar-refractivity contribution in [3.63, 3.8) is 0 Å². The van der Waals surface area contributed by atoms with Crippen LogP contribution in [-0.2, 0) is 11.2 Å². The van der Waals surface area contributed by atoms with Crippen LogP contribution in [-0.4, -0.2) is 36.1 Å². The zero-order chi connectivity index (χ0) is 26.4. The minimum Gasteiger partial charge on any atom is -0.444 e. The highest BCUT2D eigenvalue weighted by Crippen LogP contribution is 2.38. The number of nitrogens with one attached hydrogen (secondary N) is 1. The second-order valence-corrected chi connectivity index (χ2v) is 10.8. The lowest BCUT2D eigenvalue weighted by Gasteiger charge is -2.22. The fourth-order valence-corrected chi connectivity index (χ4v) is 5.16. The Bertz CT molecular complexity index is 1640. The minimum atomic E-state index is -0.543. The summed E-state index contributed by atoms with van der Waals surface area (Å²) in [6.07, 6.45) is 4.83. The molecule has 1 amide bonds. The maximum Gasteiger partial charge on any atom is 0.408 e. The molecule has 6 rings (SSSR count). The number of amides is 1. The van der Waals surface area contributed by atoms with Gasteiger partial charge in [-0.05, 0) is 56.9 Å². The highest BCUT2D eigenvalue weighted by molar-refractivity contribution is 6.29. The smallest absolute Gasteiger partial charge is 0.408 e. The van der Waals surface area contributed by atoms with E-state index >= 15 is 0 Å². The van der Waals surface area contributed by atoms with Gasteiger partial charge in [0.15, 0.2) is 10.8 Å². The molecule has 8 nitrogen and oxygen atoms in total. The summed E-state index contributed by atoms with van der Waals surface area (Å²) in [6.45, 7) is 5.58. The van der Waals surface area contributed by atoms with E-state index in [1.165, 1.54) is 5.56 Å². The van der Waals surface area contributed by atoms with E-state index in [2.05, 4.69) is 33.7 Å². The number of alkyl carbamates (subject to hydrolysis) is 1. The number of carbonyl (C=O) groups excluding carboxylic acids is 1. The molecular weight excluding hydrogens is 500 g/mol. The first-order valence-electron chi connectivity index (χ1n) is 12.5. The van der Waals surface area contributed by atoms with E-state index in [1.54, 1.807) is 21.5 Å². The number of hydrogen-bond acceptors (Lipinski definition) is 5. The van der Waals surface area contributed by atoms with E-state index in [0.29, 0.717) is 10.8 Å². The molecule has 0 saturated carbocycles. The van der Waals surface area contributed by atoms with Crippen molar-refractivity contribution in [3.05, 3.63) is 89.3 Å². The molecule has 5 aromatic rings. The number of imidazole rings is 1. The summed E-state index contributed by atoms with van der Waals surface area (Å²) < 4.78 is 9.01. The van der Waals surface area contributed by atoms with Gasteiger partial charge in [-0.2, -0.15) is 10.2 Å². The Morgan fingerprint density at radius 1 is 1.08 bits per heavy atom. The lowest BCUT2D eigenvalue weighted by atomic mass is 10.00. The van der Waals surface area contributed by atoms with Crippen molar-refractivity contribution in [2.45, 2.75) is 45.3 Å². The van der Waals surface area contributed by atoms with Gasteiger partial charge in [0.1, 0.15) is 17.0 Å². The molecule has 1 aliphatic rings. The van der Waals surface area contributed by atoms with Crippen molar-refractivity contribution in [1.82, 2.24) is 29.7 Å².